The van der Waals surface area contributed by atoms with Crippen molar-refractivity contribution in [2.45, 2.75) is 6.61 Å². The van der Waals surface area contributed by atoms with Gasteiger partial charge in [-0.3, -0.25) is 28.3 Å². The first kappa shape index (κ1) is 18.7. The van der Waals surface area contributed by atoms with Gasteiger partial charge in [0.05, 0.1) is 27.6 Å². The summed E-state index contributed by atoms with van der Waals surface area (Å²) in [5.41, 5.74) is 0.944. The van der Waals surface area contributed by atoms with Crippen LogP contribution in [0.2, 0.25) is 0 Å². The number of nitrogens with zero attached hydrogens (tertiary/aromatic N) is 5. The number of ether oxygens (including phenoxy) is 1. The number of imide groups is 1. The van der Waals surface area contributed by atoms with Gasteiger partial charge >= 0.3 is 5.97 Å². The fourth-order valence-corrected chi connectivity index (χ4v) is 3.69. The maximum Gasteiger partial charge on any atom is 0.338 e. The summed E-state index contributed by atoms with van der Waals surface area (Å²) < 4.78 is 8.42. The molecule has 0 atom stereocenters. The predicted molar refractivity (Wildman–Crippen MR) is 108 cm³/mol. The van der Waals surface area contributed by atoms with Gasteiger partial charge in [0.1, 0.15) is 0 Å². The van der Waals surface area contributed by atoms with Crippen LogP contribution in [0.3, 0.4) is 0 Å². The maximum atomic E-state index is 12.6. The number of aromatic nitrogens is 4. The van der Waals surface area contributed by atoms with Crippen LogP contribution in [0.5, 0.6) is 0 Å². The Bertz CT molecular complexity index is 1500. The second-order valence-corrected chi connectivity index (χ2v) is 7.14. The quantitative estimate of drug-likeness (QED) is 0.363. The fourth-order valence-electron chi connectivity index (χ4n) is 3.69. The van der Waals surface area contributed by atoms with Gasteiger partial charge < -0.3 is 4.74 Å². The number of benzene rings is 2. The molecule has 0 bridgehead atoms. The Morgan fingerprint density at radius 2 is 1.71 bits per heavy atom. The number of fused-ring (bicyclic) bond motifs is 4. The highest BCUT2D eigenvalue weighted by molar-refractivity contribution is 6.21. The number of rotatable bonds is 3. The summed E-state index contributed by atoms with van der Waals surface area (Å²) in [6.45, 7) is -0.202. The van der Waals surface area contributed by atoms with E-state index in [9.17, 15) is 19.2 Å². The van der Waals surface area contributed by atoms with Crippen LogP contribution >= 0.6 is 0 Å². The topological polar surface area (TPSA) is 116 Å². The molecule has 2 aromatic heterocycles. The monoisotopic (exact) mass is 417 g/mol. The molecule has 0 N–H and O–H groups in total. The molecule has 10 heteroatoms. The highest BCUT2D eigenvalue weighted by Gasteiger charge is 2.33. The lowest BCUT2D eigenvalue weighted by atomic mass is 10.1. The molecular formula is C21H15N5O5. The Morgan fingerprint density at radius 3 is 2.52 bits per heavy atom. The third kappa shape index (κ3) is 2.65. The molecule has 2 amide bonds. The van der Waals surface area contributed by atoms with Gasteiger partial charge in [-0.15, -0.1) is 10.2 Å². The minimum absolute atomic E-state index is 0.140. The van der Waals surface area contributed by atoms with E-state index in [1.54, 1.807) is 35.7 Å². The summed E-state index contributed by atoms with van der Waals surface area (Å²) >= 11 is 0. The van der Waals surface area contributed by atoms with Crippen molar-refractivity contribution in [1.82, 2.24) is 24.1 Å². The van der Waals surface area contributed by atoms with Crippen LogP contribution in [0.1, 0.15) is 36.9 Å². The lowest BCUT2D eigenvalue weighted by Gasteiger charge is -2.08. The van der Waals surface area contributed by atoms with E-state index in [0.717, 1.165) is 4.90 Å². The lowest BCUT2D eigenvalue weighted by molar-refractivity contribution is 0.0461. The average Bonchev–Trinajstić information content (AvgIpc) is 3.31. The van der Waals surface area contributed by atoms with Crippen LogP contribution in [-0.2, 0) is 18.4 Å². The zero-order chi connectivity index (χ0) is 21.9. The molecule has 10 nitrogen and oxygen atoms in total. The lowest BCUT2D eigenvalue weighted by Crippen LogP contribution is -2.24. The smallest absolute Gasteiger partial charge is 0.338 e. The standard InChI is InChI=1S/C21H15N5O5/c1-24-17(27)12-8-7-11(9-14(12)19(24)29)20(30)31-10-16-22-23-21-25(2)18(28)13-5-3-4-6-15(13)26(16)21/h3-9H,10H2,1-2H3. The van der Waals surface area contributed by atoms with Crippen LogP contribution in [0, 0.1) is 0 Å². The van der Waals surface area contributed by atoms with Gasteiger partial charge in [-0.2, -0.15) is 0 Å². The Morgan fingerprint density at radius 1 is 0.968 bits per heavy atom. The summed E-state index contributed by atoms with van der Waals surface area (Å²) in [6.07, 6.45) is 0. The van der Waals surface area contributed by atoms with Crippen LogP contribution < -0.4 is 5.56 Å². The molecule has 5 rings (SSSR count). The average molecular weight is 417 g/mol. The number of esters is 1. The van der Waals surface area contributed by atoms with E-state index in [2.05, 4.69) is 10.2 Å². The summed E-state index contributed by atoms with van der Waals surface area (Å²) in [5.74, 6) is -0.900. The number of carbonyl (C=O) groups excluding carboxylic acids is 3. The van der Waals surface area contributed by atoms with Crippen LogP contribution in [-0.4, -0.2) is 48.9 Å². The van der Waals surface area contributed by atoms with Crippen LogP contribution in [0.15, 0.2) is 47.3 Å². The minimum atomic E-state index is -0.677. The molecule has 1 aliphatic rings. The fraction of sp³-hybridized carbons (Fsp3) is 0.143. The Balaban J connectivity index is 1.48. The molecule has 2 aromatic carbocycles. The SMILES string of the molecule is CN1C(=O)c2ccc(C(=O)OCc3nnc4n(C)c(=O)c5ccccc5n34)cc2C1=O. The second kappa shape index (κ2) is 6.59. The van der Waals surface area contributed by atoms with Crippen molar-refractivity contribution in [2.75, 3.05) is 7.05 Å². The molecule has 31 heavy (non-hydrogen) atoms. The van der Waals surface area contributed by atoms with Crippen LogP contribution in [0.25, 0.3) is 16.7 Å². The molecule has 4 aromatic rings. The minimum Gasteiger partial charge on any atom is -0.454 e. The van der Waals surface area contributed by atoms with Gasteiger partial charge in [-0.1, -0.05) is 12.1 Å². The third-order valence-electron chi connectivity index (χ3n) is 5.35. The van der Waals surface area contributed by atoms with E-state index in [1.165, 1.54) is 29.8 Å². The number of amides is 2. The Hall–Kier alpha value is -4.34. The number of para-hydroxylation sites is 1. The number of carbonyl (C=O) groups is 3. The van der Waals surface area contributed by atoms with Crippen molar-refractivity contribution in [3.8, 4) is 0 Å². The van der Waals surface area contributed by atoms with Gasteiger partial charge in [-0.25, -0.2) is 4.79 Å². The van der Waals surface area contributed by atoms with Gasteiger partial charge in [0.15, 0.2) is 12.4 Å². The molecule has 154 valence electrons. The molecule has 0 unspecified atom stereocenters. The Labute approximate surface area is 174 Å². The van der Waals surface area contributed by atoms with Gasteiger partial charge in [0, 0.05) is 14.1 Å². The summed E-state index contributed by atoms with van der Waals surface area (Å²) in [5, 5.41) is 8.61. The van der Waals surface area contributed by atoms with E-state index in [-0.39, 0.29) is 28.9 Å². The van der Waals surface area contributed by atoms with Crippen molar-refractivity contribution < 1.29 is 19.1 Å². The molecule has 0 saturated carbocycles. The van der Waals surface area contributed by atoms with E-state index < -0.39 is 17.8 Å². The first-order valence-electron chi connectivity index (χ1n) is 9.34. The summed E-state index contributed by atoms with van der Waals surface area (Å²) in [4.78, 5) is 50.3. The van der Waals surface area contributed by atoms with Crippen molar-refractivity contribution in [3.05, 3.63) is 75.3 Å². The highest BCUT2D eigenvalue weighted by Crippen LogP contribution is 2.23. The van der Waals surface area contributed by atoms with Crippen molar-refractivity contribution >= 4 is 34.5 Å². The van der Waals surface area contributed by atoms with Crippen molar-refractivity contribution in [3.63, 3.8) is 0 Å². The van der Waals surface area contributed by atoms with E-state index >= 15 is 0 Å². The third-order valence-corrected chi connectivity index (χ3v) is 5.35. The zero-order valence-electron chi connectivity index (χ0n) is 16.5. The summed E-state index contributed by atoms with van der Waals surface area (Å²) in [6, 6.07) is 11.2. The molecule has 1 aliphatic heterocycles. The van der Waals surface area contributed by atoms with E-state index in [4.69, 9.17) is 4.74 Å². The molecule has 0 radical (unpaired) electrons. The molecule has 0 fully saturated rings. The maximum absolute atomic E-state index is 12.6. The molecule has 0 aliphatic carbocycles. The number of hydrogen-bond acceptors (Lipinski definition) is 7. The first-order chi connectivity index (χ1) is 14.9. The highest BCUT2D eigenvalue weighted by atomic mass is 16.5. The largest absolute Gasteiger partial charge is 0.454 e. The second-order valence-electron chi connectivity index (χ2n) is 7.14. The van der Waals surface area contributed by atoms with E-state index in [0.29, 0.717) is 22.5 Å². The van der Waals surface area contributed by atoms with Crippen molar-refractivity contribution in [2.24, 2.45) is 7.05 Å². The molecule has 0 saturated heterocycles. The van der Waals surface area contributed by atoms with E-state index in [1.807, 2.05) is 0 Å². The molecule has 0 spiro atoms. The predicted octanol–water partition coefficient (Wildman–Crippen LogP) is 1.16. The first-order valence-corrected chi connectivity index (χ1v) is 9.34. The normalized spacial score (nSPS) is 13.3. The summed E-state index contributed by atoms with van der Waals surface area (Å²) in [7, 11) is 2.98. The molecule has 3 heterocycles. The van der Waals surface area contributed by atoms with Gasteiger partial charge in [0.25, 0.3) is 17.4 Å². The van der Waals surface area contributed by atoms with Crippen molar-refractivity contribution in [1.29, 1.82) is 0 Å². The zero-order valence-corrected chi connectivity index (χ0v) is 16.5. The Kier molecular flexibility index (Phi) is 3.97. The van der Waals surface area contributed by atoms with Gasteiger partial charge in [-0.05, 0) is 30.3 Å². The number of hydrogen-bond donors (Lipinski definition) is 0. The van der Waals surface area contributed by atoms with Crippen LogP contribution in [0.4, 0.5) is 0 Å². The van der Waals surface area contributed by atoms with Gasteiger partial charge in [0.2, 0.25) is 5.78 Å². The molecular weight excluding hydrogens is 402 g/mol. The number of aryl methyl sites for hydroxylation is 1.